The molecule has 1 aliphatic carbocycles. The Kier molecular flexibility index (Phi) is 6.26. The third kappa shape index (κ3) is 3.79. The third-order valence-electron chi connectivity index (χ3n) is 7.61. The predicted octanol–water partition coefficient (Wildman–Crippen LogP) is 3.85. The zero-order chi connectivity index (χ0) is 21.1. The lowest BCUT2D eigenvalue weighted by atomic mass is 9.79. The minimum Gasteiger partial charge on any atom is -0.342 e. The molecule has 4 heteroatoms. The van der Waals surface area contributed by atoms with E-state index in [4.69, 9.17) is 0 Å². The van der Waals surface area contributed by atoms with Crippen LogP contribution in [0.2, 0.25) is 0 Å². The van der Waals surface area contributed by atoms with Crippen molar-refractivity contribution in [2.24, 2.45) is 5.92 Å². The molecule has 1 amide bonds. The number of nitrogens with one attached hydrogen (secondary N) is 1. The van der Waals surface area contributed by atoms with Crippen LogP contribution in [0.5, 0.6) is 0 Å². The van der Waals surface area contributed by atoms with Gasteiger partial charge in [-0.3, -0.25) is 9.69 Å². The van der Waals surface area contributed by atoms with E-state index in [-0.39, 0.29) is 17.5 Å². The first-order valence-electron chi connectivity index (χ1n) is 11.3. The van der Waals surface area contributed by atoms with Crippen molar-refractivity contribution in [3.63, 3.8) is 0 Å². The quantitative estimate of drug-likeness (QED) is 0.821. The van der Waals surface area contributed by atoms with Crippen LogP contribution in [0, 0.1) is 5.92 Å². The maximum atomic E-state index is 13.7. The number of nitrogens with zero attached hydrogens (tertiary/aromatic N) is 2. The van der Waals surface area contributed by atoms with E-state index in [1.807, 2.05) is 7.05 Å². The second-order valence-corrected chi connectivity index (χ2v) is 9.13. The fourth-order valence-electron chi connectivity index (χ4n) is 5.79. The van der Waals surface area contributed by atoms with Crippen molar-refractivity contribution < 1.29 is 4.79 Å². The Morgan fingerprint density at radius 2 is 1.57 bits per heavy atom. The fraction of sp³-hybridized carbons (Fsp3) is 0.500. The van der Waals surface area contributed by atoms with Gasteiger partial charge in [-0.1, -0.05) is 60.7 Å². The zero-order valence-corrected chi connectivity index (χ0v) is 18.6. The van der Waals surface area contributed by atoms with E-state index in [9.17, 15) is 4.79 Å². The summed E-state index contributed by atoms with van der Waals surface area (Å²) < 4.78 is 0. The van der Waals surface area contributed by atoms with Gasteiger partial charge in [0.25, 0.3) is 0 Å². The molecule has 0 radical (unpaired) electrons. The molecule has 1 saturated carbocycles. The molecule has 2 aromatic carbocycles. The molecule has 4 rings (SSSR count). The Bertz CT molecular complexity index is 828. The van der Waals surface area contributed by atoms with Gasteiger partial charge in [-0.05, 0) is 63.9 Å². The molecule has 2 aliphatic rings. The van der Waals surface area contributed by atoms with Crippen molar-refractivity contribution >= 4 is 5.91 Å². The number of carbonyl (C=O) groups excluding carboxylic acids is 1. The summed E-state index contributed by atoms with van der Waals surface area (Å²) in [6.45, 7) is 1.64. The van der Waals surface area contributed by atoms with E-state index < -0.39 is 0 Å². The molecule has 2 fully saturated rings. The van der Waals surface area contributed by atoms with Crippen molar-refractivity contribution in [3.8, 4) is 0 Å². The molecule has 160 valence electrons. The van der Waals surface area contributed by atoms with Crippen LogP contribution in [0.3, 0.4) is 0 Å². The minimum absolute atomic E-state index is 0.00888. The smallest absolute Gasteiger partial charge is 0.227 e. The van der Waals surface area contributed by atoms with Gasteiger partial charge in [0, 0.05) is 24.7 Å². The Hall–Kier alpha value is -2.17. The number of amides is 1. The zero-order valence-electron chi connectivity index (χ0n) is 18.6. The highest BCUT2D eigenvalue weighted by atomic mass is 16.2. The number of hydrogen-bond donors (Lipinski definition) is 1. The van der Waals surface area contributed by atoms with Gasteiger partial charge in [-0.2, -0.15) is 0 Å². The first-order valence-corrected chi connectivity index (χ1v) is 11.3. The molecule has 4 nitrogen and oxygen atoms in total. The molecule has 1 saturated heterocycles. The van der Waals surface area contributed by atoms with E-state index in [2.05, 4.69) is 89.9 Å². The van der Waals surface area contributed by atoms with Gasteiger partial charge >= 0.3 is 0 Å². The summed E-state index contributed by atoms with van der Waals surface area (Å²) in [6, 6.07) is 21.7. The fourth-order valence-corrected chi connectivity index (χ4v) is 5.79. The van der Waals surface area contributed by atoms with E-state index in [0.29, 0.717) is 11.8 Å². The van der Waals surface area contributed by atoms with Crippen LogP contribution < -0.4 is 5.32 Å². The minimum atomic E-state index is 0.00888. The number of rotatable bonds is 5. The standard InChI is InChI=1S/C26H35N3O/c1-27-23-15-14-22(20-10-6-4-7-11-20)24(23)25(30)29-18-16-26(17-19-29,28(2)3)21-12-8-5-9-13-21/h4-13,22-24,27H,14-19H2,1-3H3/t22-,23-,24-/m1/s1. The molecule has 0 unspecified atom stereocenters. The van der Waals surface area contributed by atoms with Crippen molar-refractivity contribution in [1.82, 2.24) is 15.1 Å². The first-order chi connectivity index (χ1) is 14.6. The highest BCUT2D eigenvalue weighted by molar-refractivity contribution is 5.81. The number of likely N-dealkylation sites (tertiary alicyclic amines) is 1. The molecular formula is C26H35N3O. The Labute approximate surface area is 181 Å². The average Bonchev–Trinajstić information content (AvgIpc) is 3.24. The highest BCUT2D eigenvalue weighted by Crippen LogP contribution is 2.43. The van der Waals surface area contributed by atoms with Crippen molar-refractivity contribution in [3.05, 3.63) is 71.8 Å². The second-order valence-electron chi connectivity index (χ2n) is 9.13. The molecular weight excluding hydrogens is 370 g/mol. The van der Waals surface area contributed by atoms with Crippen LogP contribution in [-0.2, 0) is 10.3 Å². The molecule has 2 aromatic rings. The van der Waals surface area contributed by atoms with Gasteiger partial charge in [0.2, 0.25) is 5.91 Å². The molecule has 1 heterocycles. The van der Waals surface area contributed by atoms with Crippen molar-refractivity contribution in [2.45, 2.75) is 43.2 Å². The van der Waals surface area contributed by atoms with E-state index in [1.54, 1.807) is 0 Å². The summed E-state index contributed by atoms with van der Waals surface area (Å²) in [5, 5.41) is 3.44. The van der Waals surface area contributed by atoms with Gasteiger partial charge in [0.05, 0.1) is 5.92 Å². The van der Waals surface area contributed by atoms with Gasteiger partial charge < -0.3 is 10.2 Å². The summed E-state index contributed by atoms with van der Waals surface area (Å²) in [5.74, 6) is 0.674. The van der Waals surface area contributed by atoms with Crippen molar-refractivity contribution in [1.29, 1.82) is 0 Å². The molecule has 1 aliphatic heterocycles. The number of piperidine rings is 1. The Morgan fingerprint density at radius 1 is 0.967 bits per heavy atom. The topological polar surface area (TPSA) is 35.6 Å². The molecule has 1 N–H and O–H groups in total. The molecule has 0 aromatic heterocycles. The van der Waals surface area contributed by atoms with Crippen LogP contribution in [0.15, 0.2) is 60.7 Å². The van der Waals surface area contributed by atoms with E-state index in [0.717, 1.165) is 38.8 Å². The van der Waals surface area contributed by atoms with Crippen LogP contribution in [0.4, 0.5) is 0 Å². The normalized spacial score (nSPS) is 26.1. The van der Waals surface area contributed by atoms with Crippen molar-refractivity contribution in [2.75, 3.05) is 34.2 Å². The van der Waals surface area contributed by atoms with Gasteiger partial charge in [-0.25, -0.2) is 0 Å². The maximum absolute atomic E-state index is 13.7. The number of hydrogen-bond acceptors (Lipinski definition) is 3. The van der Waals surface area contributed by atoms with Crippen LogP contribution in [-0.4, -0.2) is 56.0 Å². The highest BCUT2D eigenvalue weighted by Gasteiger charge is 2.45. The first kappa shape index (κ1) is 21.1. The molecule has 3 atom stereocenters. The maximum Gasteiger partial charge on any atom is 0.227 e. The largest absolute Gasteiger partial charge is 0.342 e. The van der Waals surface area contributed by atoms with Gasteiger partial charge in [-0.15, -0.1) is 0 Å². The molecule has 0 spiro atoms. The number of benzene rings is 2. The lowest BCUT2D eigenvalue weighted by Gasteiger charge is -2.47. The van der Waals surface area contributed by atoms with Crippen LogP contribution in [0.25, 0.3) is 0 Å². The van der Waals surface area contributed by atoms with Crippen LogP contribution >= 0.6 is 0 Å². The predicted molar refractivity (Wildman–Crippen MR) is 122 cm³/mol. The summed E-state index contributed by atoms with van der Waals surface area (Å²) in [7, 11) is 6.34. The summed E-state index contributed by atoms with van der Waals surface area (Å²) in [4.78, 5) is 18.2. The van der Waals surface area contributed by atoms with Crippen LogP contribution in [0.1, 0.15) is 42.7 Å². The van der Waals surface area contributed by atoms with E-state index >= 15 is 0 Å². The average molecular weight is 406 g/mol. The van der Waals surface area contributed by atoms with Gasteiger partial charge in [0.1, 0.15) is 0 Å². The Morgan fingerprint density at radius 3 is 2.13 bits per heavy atom. The monoisotopic (exact) mass is 405 g/mol. The number of carbonyl (C=O) groups is 1. The SMILES string of the molecule is CN[C@@H]1CC[C@H](c2ccccc2)[C@H]1C(=O)N1CCC(c2ccccc2)(N(C)C)CC1. The van der Waals surface area contributed by atoms with Gasteiger partial charge in [0.15, 0.2) is 0 Å². The summed E-state index contributed by atoms with van der Waals surface area (Å²) in [5.41, 5.74) is 2.67. The Balaban J connectivity index is 1.53. The lowest BCUT2D eigenvalue weighted by molar-refractivity contribution is -0.139. The lowest BCUT2D eigenvalue weighted by Crippen LogP contribution is -2.54. The second kappa shape index (κ2) is 8.91. The third-order valence-corrected chi connectivity index (χ3v) is 7.61. The summed E-state index contributed by atoms with van der Waals surface area (Å²) >= 11 is 0. The molecule has 30 heavy (non-hydrogen) atoms. The van der Waals surface area contributed by atoms with E-state index in [1.165, 1.54) is 11.1 Å². The summed E-state index contributed by atoms with van der Waals surface area (Å²) in [6.07, 6.45) is 4.09. The molecule has 0 bridgehead atoms.